The summed E-state index contributed by atoms with van der Waals surface area (Å²) in [5.41, 5.74) is 0. The summed E-state index contributed by atoms with van der Waals surface area (Å²) in [6, 6.07) is 1.10. The van der Waals surface area contributed by atoms with Gasteiger partial charge in [0.25, 0.3) is 0 Å². The number of hydrogen-bond donors (Lipinski definition) is 2. The molecule has 0 radical (unpaired) electrons. The zero-order valence-electron chi connectivity index (χ0n) is 8.01. The van der Waals surface area contributed by atoms with Crippen LogP contribution in [0.25, 0.3) is 0 Å². The van der Waals surface area contributed by atoms with Crippen molar-refractivity contribution >= 4 is 5.91 Å². The molecule has 2 N–H and O–H groups in total. The lowest BCUT2D eigenvalue weighted by Gasteiger charge is -2.11. The van der Waals surface area contributed by atoms with Crippen LogP contribution in [0, 0.1) is 0 Å². The van der Waals surface area contributed by atoms with Crippen molar-refractivity contribution < 1.29 is 4.79 Å². The lowest BCUT2D eigenvalue weighted by Crippen LogP contribution is -2.38. The molecule has 0 aromatic heterocycles. The third-order valence-electron chi connectivity index (χ3n) is 2.85. The Hall–Kier alpha value is -0.570. The van der Waals surface area contributed by atoms with Gasteiger partial charge in [-0.15, -0.1) is 0 Å². The fourth-order valence-corrected chi connectivity index (χ4v) is 1.87. The van der Waals surface area contributed by atoms with Crippen LogP contribution in [0.1, 0.15) is 38.5 Å². The Bertz CT molecular complexity index is 183. The molecule has 2 fully saturated rings. The highest BCUT2D eigenvalue weighted by Gasteiger charge is 2.23. The quantitative estimate of drug-likeness (QED) is 0.675. The summed E-state index contributed by atoms with van der Waals surface area (Å²) in [5, 5.41) is 6.28. The predicted octanol–water partition coefficient (Wildman–Crippen LogP) is 0.797. The molecule has 0 saturated heterocycles. The average molecular weight is 182 g/mol. The Balaban J connectivity index is 1.57. The van der Waals surface area contributed by atoms with E-state index in [2.05, 4.69) is 10.6 Å². The van der Waals surface area contributed by atoms with E-state index in [1.165, 1.54) is 38.5 Å². The molecule has 2 saturated carbocycles. The maximum absolute atomic E-state index is 11.3. The summed E-state index contributed by atoms with van der Waals surface area (Å²) < 4.78 is 0. The molecule has 2 aliphatic rings. The van der Waals surface area contributed by atoms with E-state index in [1.807, 2.05) is 0 Å². The smallest absolute Gasteiger partial charge is 0.234 e. The molecule has 2 rings (SSSR count). The third-order valence-corrected chi connectivity index (χ3v) is 2.85. The molecule has 0 atom stereocenters. The van der Waals surface area contributed by atoms with Crippen LogP contribution >= 0.6 is 0 Å². The van der Waals surface area contributed by atoms with Gasteiger partial charge in [0.05, 0.1) is 6.54 Å². The van der Waals surface area contributed by atoms with E-state index >= 15 is 0 Å². The van der Waals surface area contributed by atoms with Crippen molar-refractivity contribution in [2.45, 2.75) is 50.6 Å². The minimum Gasteiger partial charge on any atom is -0.352 e. The van der Waals surface area contributed by atoms with Crippen LogP contribution < -0.4 is 10.6 Å². The largest absolute Gasteiger partial charge is 0.352 e. The number of carbonyl (C=O) groups is 1. The molecule has 13 heavy (non-hydrogen) atoms. The van der Waals surface area contributed by atoms with Gasteiger partial charge in [0.2, 0.25) is 5.91 Å². The van der Waals surface area contributed by atoms with E-state index in [0.717, 1.165) is 0 Å². The molecule has 0 aromatic carbocycles. The van der Waals surface area contributed by atoms with Crippen LogP contribution in [0.5, 0.6) is 0 Å². The van der Waals surface area contributed by atoms with Gasteiger partial charge in [-0.1, -0.05) is 12.8 Å². The van der Waals surface area contributed by atoms with Crippen LogP contribution in [0.15, 0.2) is 0 Å². The van der Waals surface area contributed by atoms with Crippen molar-refractivity contribution in [1.29, 1.82) is 0 Å². The average Bonchev–Trinajstić information content (AvgIpc) is 2.78. The van der Waals surface area contributed by atoms with Gasteiger partial charge in [-0.2, -0.15) is 0 Å². The number of carbonyl (C=O) groups excluding carboxylic acids is 1. The SMILES string of the molecule is O=C(CNC1CCCC1)NC1CC1. The maximum Gasteiger partial charge on any atom is 0.234 e. The van der Waals surface area contributed by atoms with E-state index in [-0.39, 0.29) is 5.91 Å². The maximum atomic E-state index is 11.3. The fourth-order valence-electron chi connectivity index (χ4n) is 1.87. The van der Waals surface area contributed by atoms with Crippen LogP contribution in [-0.4, -0.2) is 24.5 Å². The molecular formula is C10H18N2O. The third kappa shape index (κ3) is 2.99. The van der Waals surface area contributed by atoms with Crippen molar-refractivity contribution in [3.8, 4) is 0 Å². The molecule has 2 aliphatic carbocycles. The van der Waals surface area contributed by atoms with Gasteiger partial charge in [0, 0.05) is 12.1 Å². The summed E-state index contributed by atoms with van der Waals surface area (Å²) in [5.74, 6) is 0.175. The van der Waals surface area contributed by atoms with E-state index in [1.54, 1.807) is 0 Å². The zero-order valence-corrected chi connectivity index (χ0v) is 8.01. The molecule has 0 bridgehead atoms. The fraction of sp³-hybridized carbons (Fsp3) is 0.900. The summed E-state index contributed by atoms with van der Waals surface area (Å²) in [6.45, 7) is 0.515. The molecule has 0 aromatic rings. The summed E-state index contributed by atoms with van der Waals surface area (Å²) in [7, 11) is 0. The predicted molar refractivity (Wildman–Crippen MR) is 51.4 cm³/mol. The van der Waals surface area contributed by atoms with Gasteiger partial charge in [-0.25, -0.2) is 0 Å². The Morgan fingerprint density at radius 3 is 2.38 bits per heavy atom. The van der Waals surface area contributed by atoms with Crippen LogP contribution in [0.3, 0.4) is 0 Å². The van der Waals surface area contributed by atoms with Crippen molar-refractivity contribution in [2.75, 3.05) is 6.54 Å². The van der Waals surface area contributed by atoms with E-state index < -0.39 is 0 Å². The first-order valence-corrected chi connectivity index (χ1v) is 5.37. The molecule has 0 spiro atoms. The molecule has 1 amide bonds. The highest BCUT2D eigenvalue weighted by Crippen LogP contribution is 2.19. The number of nitrogens with one attached hydrogen (secondary N) is 2. The highest BCUT2D eigenvalue weighted by molar-refractivity contribution is 5.78. The van der Waals surface area contributed by atoms with Crippen molar-refractivity contribution in [2.24, 2.45) is 0 Å². The Kier molecular flexibility index (Phi) is 2.83. The highest BCUT2D eigenvalue weighted by atomic mass is 16.2. The van der Waals surface area contributed by atoms with Gasteiger partial charge in [-0.05, 0) is 25.7 Å². The Labute approximate surface area is 79.3 Å². The Morgan fingerprint density at radius 1 is 1.08 bits per heavy atom. The number of hydrogen-bond acceptors (Lipinski definition) is 2. The van der Waals surface area contributed by atoms with Crippen LogP contribution in [-0.2, 0) is 4.79 Å². The molecule has 74 valence electrons. The number of rotatable bonds is 4. The molecule has 0 heterocycles. The number of amides is 1. The first-order valence-electron chi connectivity index (χ1n) is 5.37. The standard InChI is InChI=1S/C10H18N2O/c13-10(12-9-5-6-9)7-11-8-3-1-2-4-8/h8-9,11H,1-7H2,(H,12,13). The molecule has 0 aliphatic heterocycles. The molecule has 3 heteroatoms. The second kappa shape index (κ2) is 4.09. The van der Waals surface area contributed by atoms with Gasteiger partial charge in [-0.3, -0.25) is 4.79 Å². The Morgan fingerprint density at radius 2 is 1.77 bits per heavy atom. The van der Waals surface area contributed by atoms with E-state index in [4.69, 9.17) is 0 Å². The second-order valence-corrected chi connectivity index (χ2v) is 4.20. The normalized spacial score (nSPS) is 23.4. The zero-order chi connectivity index (χ0) is 9.10. The van der Waals surface area contributed by atoms with E-state index in [9.17, 15) is 4.79 Å². The minimum absolute atomic E-state index is 0.175. The summed E-state index contributed by atoms with van der Waals surface area (Å²) >= 11 is 0. The van der Waals surface area contributed by atoms with Crippen LogP contribution in [0.4, 0.5) is 0 Å². The summed E-state index contributed by atoms with van der Waals surface area (Å²) in [6.07, 6.45) is 7.49. The van der Waals surface area contributed by atoms with Gasteiger partial charge >= 0.3 is 0 Å². The van der Waals surface area contributed by atoms with Crippen molar-refractivity contribution in [3.05, 3.63) is 0 Å². The van der Waals surface area contributed by atoms with Crippen LogP contribution in [0.2, 0.25) is 0 Å². The van der Waals surface area contributed by atoms with E-state index in [0.29, 0.717) is 18.6 Å². The first kappa shape index (κ1) is 9.00. The monoisotopic (exact) mass is 182 g/mol. The molecule has 0 unspecified atom stereocenters. The molecule has 3 nitrogen and oxygen atoms in total. The lowest BCUT2D eigenvalue weighted by atomic mass is 10.2. The minimum atomic E-state index is 0.175. The first-order chi connectivity index (χ1) is 6.34. The van der Waals surface area contributed by atoms with Gasteiger partial charge in [0.1, 0.15) is 0 Å². The van der Waals surface area contributed by atoms with Crippen molar-refractivity contribution in [1.82, 2.24) is 10.6 Å². The lowest BCUT2D eigenvalue weighted by molar-refractivity contribution is -0.120. The van der Waals surface area contributed by atoms with Gasteiger partial charge in [0.15, 0.2) is 0 Å². The van der Waals surface area contributed by atoms with Gasteiger partial charge < -0.3 is 10.6 Å². The second-order valence-electron chi connectivity index (χ2n) is 4.20. The van der Waals surface area contributed by atoms with Crippen molar-refractivity contribution in [3.63, 3.8) is 0 Å². The molecular weight excluding hydrogens is 164 g/mol. The topological polar surface area (TPSA) is 41.1 Å². The summed E-state index contributed by atoms with van der Waals surface area (Å²) in [4.78, 5) is 11.3.